The molecule has 2 N–H and O–H groups in total. The molecule has 1 heterocycles. The molecule has 0 unspecified atom stereocenters. The van der Waals surface area contributed by atoms with Crippen LogP contribution in [0.25, 0.3) is 16.9 Å². The fraction of sp³-hybridized carbons (Fsp3) is 0.320. The monoisotopic (exact) mass is 450 g/mol. The van der Waals surface area contributed by atoms with E-state index in [-0.39, 0.29) is 13.2 Å². The van der Waals surface area contributed by atoms with Gasteiger partial charge in [-0.1, -0.05) is 56.3 Å². The summed E-state index contributed by atoms with van der Waals surface area (Å²) in [5, 5.41) is 10.2. The molecule has 1 aromatic heterocycles. The summed E-state index contributed by atoms with van der Waals surface area (Å²) in [6, 6.07) is 17.7. The third-order valence-electron chi connectivity index (χ3n) is 5.00. The normalized spacial score (nSPS) is 10.8. The minimum Gasteiger partial charge on any atom is -0.450 e. The van der Waals surface area contributed by atoms with Crippen molar-refractivity contribution in [2.24, 2.45) is 0 Å². The number of aromatic nitrogens is 2. The van der Waals surface area contributed by atoms with Gasteiger partial charge in [-0.15, -0.1) is 0 Å². The largest absolute Gasteiger partial charge is 0.450 e. The fourth-order valence-corrected chi connectivity index (χ4v) is 3.33. The van der Waals surface area contributed by atoms with E-state index in [1.54, 1.807) is 24.7 Å². The van der Waals surface area contributed by atoms with Crippen LogP contribution in [0.1, 0.15) is 50.9 Å². The zero-order chi connectivity index (χ0) is 23.8. The Morgan fingerprint density at radius 3 is 2.00 bits per heavy atom. The van der Waals surface area contributed by atoms with Crippen LogP contribution in [0.5, 0.6) is 0 Å². The van der Waals surface area contributed by atoms with E-state index < -0.39 is 18.4 Å². The maximum atomic E-state index is 12.3. The van der Waals surface area contributed by atoms with Gasteiger partial charge < -0.3 is 9.47 Å². The number of para-hydroxylation sites is 1. The number of nitrogens with one attached hydrogen (secondary N) is 2. The lowest BCUT2D eigenvalue weighted by Gasteiger charge is -2.20. The number of hydrogen-bond acceptors (Lipinski definition) is 5. The second-order valence-corrected chi connectivity index (χ2v) is 7.65. The summed E-state index contributed by atoms with van der Waals surface area (Å²) in [6.45, 7) is 8.08. The number of hydrogen-bond donors (Lipinski definition) is 2. The first-order chi connectivity index (χ1) is 15.9. The minimum absolute atomic E-state index is 0.199. The molecule has 0 spiro atoms. The highest BCUT2D eigenvalue weighted by Gasteiger charge is 2.25. The van der Waals surface area contributed by atoms with E-state index in [2.05, 4.69) is 36.6 Å². The van der Waals surface area contributed by atoms with Crippen LogP contribution in [0, 0.1) is 0 Å². The van der Waals surface area contributed by atoms with Gasteiger partial charge in [0.15, 0.2) is 0 Å². The predicted molar refractivity (Wildman–Crippen MR) is 126 cm³/mol. The van der Waals surface area contributed by atoms with Crippen LogP contribution in [-0.4, -0.2) is 35.2 Å². The van der Waals surface area contributed by atoms with Gasteiger partial charge >= 0.3 is 12.2 Å². The summed E-state index contributed by atoms with van der Waals surface area (Å²) in [4.78, 5) is 24.5. The van der Waals surface area contributed by atoms with Gasteiger partial charge in [-0.3, -0.25) is 10.6 Å². The summed E-state index contributed by atoms with van der Waals surface area (Å²) >= 11 is 0. The van der Waals surface area contributed by atoms with Crippen molar-refractivity contribution < 1.29 is 19.1 Å². The number of alkyl carbamates (subject to hydrolysis) is 2. The summed E-state index contributed by atoms with van der Waals surface area (Å²) in [5.74, 6) is 0.393. The minimum atomic E-state index is -0.916. The Morgan fingerprint density at radius 2 is 1.48 bits per heavy atom. The van der Waals surface area contributed by atoms with E-state index >= 15 is 0 Å². The molecule has 0 aliphatic carbocycles. The molecule has 3 aromatic rings. The van der Waals surface area contributed by atoms with Crippen molar-refractivity contribution in [1.82, 2.24) is 20.4 Å². The lowest BCUT2D eigenvalue weighted by Crippen LogP contribution is -2.41. The predicted octanol–water partition coefficient (Wildman–Crippen LogP) is 5.15. The van der Waals surface area contributed by atoms with E-state index in [4.69, 9.17) is 14.6 Å². The van der Waals surface area contributed by atoms with Crippen LogP contribution in [0.3, 0.4) is 0 Å². The number of carbonyl (C=O) groups excluding carboxylic acids is 2. The lowest BCUT2D eigenvalue weighted by atomic mass is 9.99. The van der Waals surface area contributed by atoms with Crippen molar-refractivity contribution in [3.63, 3.8) is 0 Å². The highest BCUT2D eigenvalue weighted by atomic mass is 16.6. The average Bonchev–Trinajstić information content (AvgIpc) is 3.25. The topological polar surface area (TPSA) is 94.5 Å². The van der Waals surface area contributed by atoms with Crippen LogP contribution >= 0.6 is 0 Å². The Bertz CT molecular complexity index is 1040. The Hall–Kier alpha value is -3.81. The van der Waals surface area contributed by atoms with Gasteiger partial charge in [-0.05, 0) is 37.5 Å². The summed E-state index contributed by atoms with van der Waals surface area (Å²) in [7, 11) is 0. The number of carbonyl (C=O) groups is 2. The zero-order valence-corrected chi connectivity index (χ0v) is 19.4. The first-order valence-corrected chi connectivity index (χ1v) is 11.0. The number of rotatable bonds is 8. The summed E-state index contributed by atoms with van der Waals surface area (Å²) in [5.41, 5.74) is 4.11. The van der Waals surface area contributed by atoms with Gasteiger partial charge in [-0.2, -0.15) is 5.10 Å². The van der Waals surface area contributed by atoms with Gasteiger partial charge in [0.25, 0.3) is 0 Å². The average molecular weight is 451 g/mol. The standard InChI is InChI=1S/C25H30N4O4/c1-5-32-24(30)26-23(27-25(31)33-6-2)21-16-29(20-10-8-7-9-11-20)28-22(21)19-14-12-18(13-15-19)17(3)4/h7-17,23H,5-6H2,1-4H3,(H,26,30)(H,27,31). The molecule has 8 heteroatoms. The molecule has 2 aromatic carbocycles. The maximum absolute atomic E-state index is 12.3. The van der Waals surface area contributed by atoms with Crippen molar-refractivity contribution in [3.8, 4) is 16.9 Å². The van der Waals surface area contributed by atoms with Gasteiger partial charge in [-0.25, -0.2) is 14.3 Å². The number of nitrogens with zero attached hydrogens (tertiary/aromatic N) is 2. The van der Waals surface area contributed by atoms with E-state index in [1.165, 1.54) is 5.56 Å². The highest BCUT2D eigenvalue weighted by molar-refractivity contribution is 5.73. The van der Waals surface area contributed by atoms with E-state index in [0.29, 0.717) is 17.2 Å². The Kier molecular flexibility index (Phi) is 8.07. The summed E-state index contributed by atoms with van der Waals surface area (Å²) in [6.07, 6.45) is -0.453. The SMILES string of the molecule is CCOC(=O)NC(NC(=O)OCC)c1cn(-c2ccccc2)nc1-c1ccc(C(C)C)cc1. The number of ether oxygens (including phenoxy) is 2. The van der Waals surface area contributed by atoms with Crippen LogP contribution in [-0.2, 0) is 9.47 Å². The smallest absolute Gasteiger partial charge is 0.409 e. The van der Waals surface area contributed by atoms with Gasteiger partial charge in [0, 0.05) is 17.3 Å². The molecule has 174 valence electrons. The molecule has 0 fully saturated rings. The molecule has 3 rings (SSSR count). The Morgan fingerprint density at radius 1 is 0.909 bits per heavy atom. The second-order valence-electron chi connectivity index (χ2n) is 7.65. The number of amides is 2. The fourth-order valence-electron chi connectivity index (χ4n) is 3.33. The second kappa shape index (κ2) is 11.2. The lowest BCUT2D eigenvalue weighted by molar-refractivity contribution is 0.135. The molecule has 0 aliphatic heterocycles. The summed E-state index contributed by atoms with van der Waals surface area (Å²) < 4.78 is 11.8. The van der Waals surface area contributed by atoms with Crippen molar-refractivity contribution in [2.75, 3.05) is 13.2 Å². The molecule has 0 radical (unpaired) electrons. The molecule has 8 nitrogen and oxygen atoms in total. The molecular weight excluding hydrogens is 420 g/mol. The van der Waals surface area contributed by atoms with E-state index in [0.717, 1.165) is 11.3 Å². The maximum Gasteiger partial charge on any atom is 0.409 e. The molecular formula is C25H30N4O4. The van der Waals surface area contributed by atoms with Gasteiger partial charge in [0.2, 0.25) is 0 Å². The molecule has 2 amide bonds. The third kappa shape index (κ3) is 6.12. The van der Waals surface area contributed by atoms with Crippen LogP contribution in [0.2, 0.25) is 0 Å². The Labute approximate surface area is 193 Å². The van der Waals surface area contributed by atoms with Crippen LogP contribution < -0.4 is 10.6 Å². The molecule has 0 atom stereocenters. The highest BCUT2D eigenvalue weighted by Crippen LogP contribution is 2.29. The van der Waals surface area contributed by atoms with E-state index in [9.17, 15) is 9.59 Å². The Balaban J connectivity index is 2.08. The van der Waals surface area contributed by atoms with Crippen molar-refractivity contribution >= 4 is 12.2 Å². The number of benzene rings is 2. The van der Waals surface area contributed by atoms with Gasteiger partial charge in [0.1, 0.15) is 6.17 Å². The molecule has 0 saturated carbocycles. The molecule has 0 aliphatic rings. The first kappa shape index (κ1) is 23.8. The third-order valence-corrected chi connectivity index (χ3v) is 5.00. The van der Waals surface area contributed by atoms with Crippen molar-refractivity contribution in [1.29, 1.82) is 0 Å². The van der Waals surface area contributed by atoms with Crippen LogP contribution in [0.15, 0.2) is 60.8 Å². The van der Waals surface area contributed by atoms with E-state index in [1.807, 2.05) is 42.5 Å². The van der Waals surface area contributed by atoms with Gasteiger partial charge in [0.05, 0.1) is 24.6 Å². The quantitative estimate of drug-likeness (QED) is 0.463. The molecule has 0 saturated heterocycles. The molecule has 33 heavy (non-hydrogen) atoms. The first-order valence-electron chi connectivity index (χ1n) is 11.0. The zero-order valence-electron chi connectivity index (χ0n) is 19.4. The van der Waals surface area contributed by atoms with Crippen molar-refractivity contribution in [2.45, 2.75) is 39.8 Å². The van der Waals surface area contributed by atoms with Crippen LogP contribution in [0.4, 0.5) is 9.59 Å². The van der Waals surface area contributed by atoms with Crippen molar-refractivity contribution in [3.05, 3.63) is 71.9 Å². The molecule has 0 bridgehead atoms.